The van der Waals surface area contributed by atoms with E-state index in [2.05, 4.69) is 25.8 Å². The molecule has 0 radical (unpaired) electrons. The molecule has 2 aromatic rings. The van der Waals surface area contributed by atoms with Crippen LogP contribution in [0.1, 0.15) is 19.5 Å². The van der Waals surface area contributed by atoms with Crippen LogP contribution in [-0.2, 0) is 11.3 Å². The molecule has 2 heterocycles. The van der Waals surface area contributed by atoms with Gasteiger partial charge >= 0.3 is 0 Å². The van der Waals surface area contributed by atoms with Gasteiger partial charge in [0.25, 0.3) is 0 Å². The summed E-state index contributed by atoms with van der Waals surface area (Å²) in [4.78, 5) is 15.7. The highest BCUT2D eigenvalue weighted by Crippen LogP contribution is 2.08. The summed E-state index contributed by atoms with van der Waals surface area (Å²) >= 11 is 0. The summed E-state index contributed by atoms with van der Waals surface area (Å²) in [5.41, 5.74) is 0.923. The molecule has 2 aromatic heterocycles. The molecule has 0 bridgehead atoms. The maximum atomic E-state index is 11.5. The lowest BCUT2D eigenvalue weighted by molar-refractivity contribution is -0.118. The highest BCUT2D eigenvalue weighted by Gasteiger charge is 2.08. The molecule has 6 heteroatoms. The molecule has 0 saturated heterocycles. The summed E-state index contributed by atoms with van der Waals surface area (Å²) in [7, 11) is 0. The van der Waals surface area contributed by atoms with Gasteiger partial charge in [0.05, 0.1) is 12.2 Å². The number of hydrogen-bond donors (Lipinski definition) is 2. The van der Waals surface area contributed by atoms with Crippen molar-refractivity contribution in [3.8, 4) is 0 Å². The predicted octanol–water partition coefficient (Wildman–Crippen LogP) is 2.08. The molecule has 6 nitrogen and oxygen atoms in total. The van der Waals surface area contributed by atoms with Crippen molar-refractivity contribution in [3.05, 3.63) is 42.2 Å². The monoisotopic (exact) mass is 271 g/mol. The SMILES string of the molecule is CC(C)C(=O)Nc1ccc(NCc2ccccn2)nn1. The Labute approximate surface area is 117 Å². The van der Waals surface area contributed by atoms with E-state index in [1.807, 2.05) is 32.0 Å². The number of carbonyl (C=O) groups is 1. The quantitative estimate of drug-likeness (QED) is 0.870. The molecule has 1 amide bonds. The normalized spacial score (nSPS) is 10.3. The lowest BCUT2D eigenvalue weighted by Gasteiger charge is -2.07. The Kier molecular flexibility index (Phi) is 4.60. The van der Waals surface area contributed by atoms with Gasteiger partial charge in [-0.25, -0.2) is 0 Å². The van der Waals surface area contributed by atoms with Crippen LogP contribution < -0.4 is 10.6 Å². The fourth-order valence-electron chi connectivity index (χ4n) is 1.45. The summed E-state index contributed by atoms with van der Waals surface area (Å²) < 4.78 is 0. The lowest BCUT2D eigenvalue weighted by Crippen LogP contribution is -2.18. The second kappa shape index (κ2) is 6.60. The molecule has 2 rings (SSSR count). The zero-order valence-electron chi connectivity index (χ0n) is 11.5. The number of rotatable bonds is 5. The Balaban J connectivity index is 1.90. The third-order valence-corrected chi connectivity index (χ3v) is 2.62. The molecule has 0 aliphatic heterocycles. The number of nitrogens with one attached hydrogen (secondary N) is 2. The smallest absolute Gasteiger partial charge is 0.228 e. The van der Waals surface area contributed by atoms with Crippen LogP contribution in [0.3, 0.4) is 0 Å². The molecule has 2 N–H and O–H groups in total. The predicted molar refractivity (Wildman–Crippen MR) is 77.1 cm³/mol. The van der Waals surface area contributed by atoms with Crippen molar-refractivity contribution in [2.75, 3.05) is 10.6 Å². The number of carbonyl (C=O) groups excluding carboxylic acids is 1. The van der Waals surface area contributed by atoms with Gasteiger partial charge in [0.15, 0.2) is 5.82 Å². The number of amides is 1. The van der Waals surface area contributed by atoms with E-state index in [1.54, 1.807) is 18.3 Å². The van der Waals surface area contributed by atoms with E-state index in [9.17, 15) is 4.79 Å². The van der Waals surface area contributed by atoms with Crippen molar-refractivity contribution in [3.63, 3.8) is 0 Å². The Morgan fingerprint density at radius 1 is 1.15 bits per heavy atom. The van der Waals surface area contributed by atoms with Crippen LogP contribution in [0, 0.1) is 5.92 Å². The van der Waals surface area contributed by atoms with Crippen LogP contribution in [0.5, 0.6) is 0 Å². The van der Waals surface area contributed by atoms with Gasteiger partial charge in [-0.3, -0.25) is 9.78 Å². The molecular formula is C14H17N5O. The van der Waals surface area contributed by atoms with E-state index in [1.165, 1.54) is 0 Å². The zero-order chi connectivity index (χ0) is 14.4. The Hall–Kier alpha value is -2.50. The fraction of sp³-hybridized carbons (Fsp3) is 0.286. The largest absolute Gasteiger partial charge is 0.363 e. The van der Waals surface area contributed by atoms with Gasteiger partial charge in [0.2, 0.25) is 5.91 Å². The van der Waals surface area contributed by atoms with Crippen LogP contribution in [0.25, 0.3) is 0 Å². The van der Waals surface area contributed by atoms with Crippen LogP contribution in [0.4, 0.5) is 11.6 Å². The topological polar surface area (TPSA) is 79.8 Å². The minimum absolute atomic E-state index is 0.0755. The first kappa shape index (κ1) is 13.9. The molecule has 0 aliphatic carbocycles. The standard InChI is InChI=1S/C14H17N5O/c1-10(2)14(20)17-13-7-6-12(18-19-13)16-9-11-5-3-4-8-15-11/h3-8,10H,9H2,1-2H3,(H,16,18)(H,17,19,20). The van der Waals surface area contributed by atoms with Crippen LogP contribution in [0.2, 0.25) is 0 Å². The molecule has 0 atom stereocenters. The van der Waals surface area contributed by atoms with E-state index >= 15 is 0 Å². The molecule has 0 unspecified atom stereocenters. The van der Waals surface area contributed by atoms with Crippen molar-refractivity contribution in [2.24, 2.45) is 5.92 Å². The van der Waals surface area contributed by atoms with Gasteiger partial charge in [-0.1, -0.05) is 19.9 Å². The van der Waals surface area contributed by atoms with Crippen molar-refractivity contribution in [2.45, 2.75) is 20.4 Å². The van der Waals surface area contributed by atoms with Gasteiger partial charge < -0.3 is 10.6 Å². The van der Waals surface area contributed by atoms with E-state index in [0.29, 0.717) is 18.2 Å². The maximum absolute atomic E-state index is 11.5. The Bertz CT molecular complexity index is 554. The van der Waals surface area contributed by atoms with E-state index in [4.69, 9.17) is 0 Å². The van der Waals surface area contributed by atoms with Crippen LogP contribution in [0.15, 0.2) is 36.5 Å². The highest BCUT2D eigenvalue weighted by atomic mass is 16.1. The number of anilines is 2. The zero-order valence-corrected chi connectivity index (χ0v) is 11.5. The Morgan fingerprint density at radius 3 is 2.50 bits per heavy atom. The van der Waals surface area contributed by atoms with Gasteiger partial charge in [-0.05, 0) is 24.3 Å². The van der Waals surface area contributed by atoms with Crippen molar-refractivity contribution >= 4 is 17.5 Å². The fourth-order valence-corrected chi connectivity index (χ4v) is 1.45. The summed E-state index contributed by atoms with van der Waals surface area (Å²) in [5.74, 6) is 0.928. The van der Waals surface area contributed by atoms with Crippen molar-refractivity contribution < 1.29 is 4.79 Å². The average molecular weight is 271 g/mol. The maximum Gasteiger partial charge on any atom is 0.228 e. The molecule has 0 saturated carbocycles. The van der Waals surface area contributed by atoms with E-state index < -0.39 is 0 Å². The summed E-state index contributed by atoms with van der Waals surface area (Å²) in [6, 6.07) is 9.22. The van der Waals surface area contributed by atoms with Crippen LogP contribution in [-0.4, -0.2) is 21.1 Å². The van der Waals surface area contributed by atoms with Gasteiger partial charge in [-0.15, -0.1) is 10.2 Å². The lowest BCUT2D eigenvalue weighted by atomic mass is 10.2. The second-order valence-electron chi connectivity index (χ2n) is 4.62. The summed E-state index contributed by atoms with van der Waals surface area (Å²) in [6.07, 6.45) is 1.74. The Morgan fingerprint density at radius 2 is 1.90 bits per heavy atom. The first-order valence-corrected chi connectivity index (χ1v) is 6.43. The number of aromatic nitrogens is 3. The van der Waals surface area contributed by atoms with Gasteiger partial charge in [0, 0.05) is 12.1 Å². The van der Waals surface area contributed by atoms with Crippen LogP contribution >= 0.6 is 0 Å². The van der Waals surface area contributed by atoms with Gasteiger partial charge in [-0.2, -0.15) is 0 Å². The molecular weight excluding hydrogens is 254 g/mol. The molecule has 0 aliphatic rings. The highest BCUT2D eigenvalue weighted by molar-refractivity contribution is 5.91. The van der Waals surface area contributed by atoms with Crippen molar-refractivity contribution in [1.82, 2.24) is 15.2 Å². The van der Waals surface area contributed by atoms with Crippen molar-refractivity contribution in [1.29, 1.82) is 0 Å². The summed E-state index contributed by atoms with van der Waals surface area (Å²) in [6.45, 7) is 4.23. The summed E-state index contributed by atoms with van der Waals surface area (Å²) in [5, 5.41) is 13.8. The second-order valence-corrected chi connectivity index (χ2v) is 4.62. The molecule has 0 fully saturated rings. The molecule has 104 valence electrons. The first-order chi connectivity index (χ1) is 9.65. The number of nitrogens with zero attached hydrogens (tertiary/aromatic N) is 3. The number of pyridine rings is 1. The third-order valence-electron chi connectivity index (χ3n) is 2.62. The van der Waals surface area contributed by atoms with E-state index in [0.717, 1.165) is 5.69 Å². The number of hydrogen-bond acceptors (Lipinski definition) is 5. The average Bonchev–Trinajstić information content (AvgIpc) is 2.47. The third kappa shape index (κ3) is 4.01. The van der Waals surface area contributed by atoms with Gasteiger partial charge in [0.1, 0.15) is 5.82 Å². The molecule has 0 aromatic carbocycles. The minimum atomic E-state index is -0.0845. The minimum Gasteiger partial charge on any atom is -0.363 e. The molecule has 20 heavy (non-hydrogen) atoms. The molecule has 0 spiro atoms. The van der Waals surface area contributed by atoms with E-state index in [-0.39, 0.29) is 11.8 Å². The first-order valence-electron chi connectivity index (χ1n) is 6.43.